The van der Waals surface area contributed by atoms with Crippen LogP contribution in [0.2, 0.25) is 0 Å². The molecular weight excluding hydrogens is 336 g/mol. The molecule has 0 spiro atoms. The first-order chi connectivity index (χ1) is 12.5. The molecule has 0 saturated heterocycles. The van der Waals surface area contributed by atoms with Crippen molar-refractivity contribution in [1.82, 2.24) is 4.98 Å². The molecule has 0 bridgehead atoms. The SMILES string of the molecule is Cc1ccc(CC(=O)OC(C)C(=O)Nc2ccc3c(c2)OCCO3)cn1. The van der Waals surface area contributed by atoms with Crippen LogP contribution in [0.1, 0.15) is 18.2 Å². The predicted molar refractivity (Wildman–Crippen MR) is 94.3 cm³/mol. The molecule has 136 valence electrons. The van der Waals surface area contributed by atoms with Crippen molar-refractivity contribution in [2.24, 2.45) is 0 Å². The number of hydrogen-bond acceptors (Lipinski definition) is 6. The molecule has 0 radical (unpaired) electrons. The van der Waals surface area contributed by atoms with Crippen LogP contribution < -0.4 is 14.8 Å². The molecule has 1 aromatic carbocycles. The molecule has 1 unspecified atom stereocenters. The van der Waals surface area contributed by atoms with Crippen molar-refractivity contribution >= 4 is 17.6 Å². The van der Waals surface area contributed by atoms with Crippen molar-refractivity contribution in [3.8, 4) is 11.5 Å². The number of aromatic nitrogens is 1. The fourth-order valence-corrected chi connectivity index (χ4v) is 2.43. The van der Waals surface area contributed by atoms with Crippen LogP contribution in [0.4, 0.5) is 5.69 Å². The largest absolute Gasteiger partial charge is 0.486 e. The minimum atomic E-state index is -0.922. The number of carbonyl (C=O) groups excluding carboxylic acids is 2. The summed E-state index contributed by atoms with van der Waals surface area (Å²) in [6.45, 7) is 4.36. The molecule has 7 nitrogen and oxygen atoms in total. The molecule has 0 aliphatic carbocycles. The summed E-state index contributed by atoms with van der Waals surface area (Å²) in [4.78, 5) is 28.4. The zero-order valence-electron chi connectivity index (χ0n) is 14.7. The number of nitrogens with one attached hydrogen (secondary N) is 1. The van der Waals surface area contributed by atoms with Crippen molar-refractivity contribution in [1.29, 1.82) is 0 Å². The number of aryl methyl sites for hydroxylation is 1. The average Bonchev–Trinajstić information content (AvgIpc) is 2.63. The summed E-state index contributed by atoms with van der Waals surface area (Å²) in [5.41, 5.74) is 2.15. The summed E-state index contributed by atoms with van der Waals surface area (Å²) >= 11 is 0. The van der Waals surface area contributed by atoms with E-state index >= 15 is 0 Å². The highest BCUT2D eigenvalue weighted by atomic mass is 16.6. The Morgan fingerprint density at radius 1 is 1.19 bits per heavy atom. The third-order valence-electron chi connectivity index (χ3n) is 3.81. The second kappa shape index (κ2) is 7.86. The smallest absolute Gasteiger partial charge is 0.311 e. The van der Waals surface area contributed by atoms with Gasteiger partial charge in [0.05, 0.1) is 6.42 Å². The summed E-state index contributed by atoms with van der Waals surface area (Å²) in [7, 11) is 0. The number of pyridine rings is 1. The molecule has 1 aromatic heterocycles. The standard InChI is InChI=1S/C19H20N2O5/c1-12-3-4-14(11-20-12)9-18(22)26-13(2)19(23)21-15-5-6-16-17(10-15)25-8-7-24-16/h3-6,10-11,13H,7-9H2,1-2H3,(H,21,23). The van der Waals surface area contributed by atoms with Crippen molar-refractivity contribution in [2.45, 2.75) is 26.4 Å². The lowest BCUT2D eigenvalue weighted by Gasteiger charge is -2.19. The van der Waals surface area contributed by atoms with Gasteiger partial charge in [0.1, 0.15) is 13.2 Å². The summed E-state index contributed by atoms with van der Waals surface area (Å²) < 4.78 is 16.1. The second-order valence-electron chi connectivity index (χ2n) is 5.96. The van der Waals surface area contributed by atoms with Crippen molar-refractivity contribution < 1.29 is 23.8 Å². The van der Waals surface area contributed by atoms with Gasteiger partial charge in [0, 0.05) is 23.6 Å². The number of hydrogen-bond donors (Lipinski definition) is 1. The van der Waals surface area contributed by atoms with E-state index in [0.717, 1.165) is 11.3 Å². The minimum absolute atomic E-state index is 0.0644. The number of fused-ring (bicyclic) bond motifs is 1. The molecule has 1 amide bonds. The molecular formula is C19H20N2O5. The Morgan fingerprint density at radius 2 is 1.96 bits per heavy atom. The topological polar surface area (TPSA) is 86.8 Å². The summed E-state index contributed by atoms with van der Waals surface area (Å²) in [5, 5.41) is 2.70. The van der Waals surface area contributed by atoms with Gasteiger partial charge in [-0.15, -0.1) is 0 Å². The van der Waals surface area contributed by atoms with Gasteiger partial charge in [-0.05, 0) is 37.6 Å². The van der Waals surface area contributed by atoms with Crippen molar-refractivity contribution in [3.63, 3.8) is 0 Å². The van der Waals surface area contributed by atoms with Crippen LogP contribution in [0.25, 0.3) is 0 Å². The van der Waals surface area contributed by atoms with Crippen LogP contribution in [0.5, 0.6) is 11.5 Å². The van der Waals surface area contributed by atoms with E-state index in [2.05, 4.69) is 10.3 Å². The number of amides is 1. The lowest BCUT2D eigenvalue weighted by Crippen LogP contribution is -2.30. The van der Waals surface area contributed by atoms with Crippen LogP contribution in [0.15, 0.2) is 36.5 Å². The fourth-order valence-electron chi connectivity index (χ4n) is 2.43. The van der Waals surface area contributed by atoms with Crippen LogP contribution >= 0.6 is 0 Å². The predicted octanol–water partition coefficient (Wildman–Crippen LogP) is 2.27. The van der Waals surface area contributed by atoms with E-state index < -0.39 is 18.0 Å². The maximum atomic E-state index is 12.2. The number of esters is 1. The minimum Gasteiger partial charge on any atom is -0.486 e. The third-order valence-corrected chi connectivity index (χ3v) is 3.81. The molecule has 1 N–H and O–H groups in total. The Bertz CT molecular complexity index is 804. The fraction of sp³-hybridized carbons (Fsp3) is 0.316. The van der Waals surface area contributed by atoms with Gasteiger partial charge in [-0.3, -0.25) is 14.6 Å². The zero-order chi connectivity index (χ0) is 18.5. The Hall–Kier alpha value is -3.09. The van der Waals surface area contributed by atoms with Gasteiger partial charge in [0.25, 0.3) is 5.91 Å². The van der Waals surface area contributed by atoms with Crippen molar-refractivity contribution in [2.75, 3.05) is 18.5 Å². The molecule has 1 aliphatic rings. The lowest BCUT2D eigenvalue weighted by atomic mass is 10.2. The normalized spacial score (nSPS) is 13.6. The summed E-state index contributed by atoms with van der Waals surface area (Å²) in [6, 6.07) is 8.74. The first-order valence-electron chi connectivity index (χ1n) is 8.33. The van der Waals surface area contributed by atoms with Gasteiger partial charge in [-0.2, -0.15) is 0 Å². The molecule has 3 rings (SSSR count). The number of benzene rings is 1. The Balaban J connectivity index is 1.54. The van der Waals surface area contributed by atoms with Crippen LogP contribution in [-0.2, 0) is 20.7 Å². The molecule has 2 heterocycles. The van der Waals surface area contributed by atoms with Gasteiger partial charge in [0.2, 0.25) is 0 Å². The van der Waals surface area contributed by atoms with E-state index in [0.29, 0.717) is 30.4 Å². The van der Waals surface area contributed by atoms with Gasteiger partial charge in [0.15, 0.2) is 17.6 Å². The zero-order valence-corrected chi connectivity index (χ0v) is 14.7. The first-order valence-corrected chi connectivity index (χ1v) is 8.33. The van der Waals surface area contributed by atoms with Crippen LogP contribution in [0, 0.1) is 6.92 Å². The Morgan fingerprint density at radius 3 is 2.69 bits per heavy atom. The van der Waals surface area contributed by atoms with E-state index in [1.807, 2.05) is 19.1 Å². The molecule has 0 fully saturated rings. The molecule has 2 aromatic rings. The second-order valence-corrected chi connectivity index (χ2v) is 5.96. The first kappa shape index (κ1) is 17.7. The van der Waals surface area contributed by atoms with E-state index in [1.54, 1.807) is 24.4 Å². The van der Waals surface area contributed by atoms with Gasteiger partial charge < -0.3 is 19.5 Å². The molecule has 1 atom stereocenters. The maximum absolute atomic E-state index is 12.2. The van der Waals surface area contributed by atoms with E-state index in [9.17, 15) is 9.59 Å². The quantitative estimate of drug-likeness (QED) is 0.827. The Labute approximate surface area is 151 Å². The van der Waals surface area contributed by atoms with E-state index in [-0.39, 0.29) is 6.42 Å². The maximum Gasteiger partial charge on any atom is 0.311 e. The van der Waals surface area contributed by atoms with Gasteiger partial charge in [-0.25, -0.2) is 0 Å². The van der Waals surface area contributed by atoms with Gasteiger partial charge >= 0.3 is 5.97 Å². The van der Waals surface area contributed by atoms with E-state index in [4.69, 9.17) is 14.2 Å². The molecule has 7 heteroatoms. The average molecular weight is 356 g/mol. The molecule has 26 heavy (non-hydrogen) atoms. The van der Waals surface area contributed by atoms with Crippen molar-refractivity contribution in [3.05, 3.63) is 47.8 Å². The number of carbonyl (C=O) groups is 2. The number of nitrogens with zero attached hydrogens (tertiary/aromatic N) is 1. The lowest BCUT2D eigenvalue weighted by molar-refractivity contribution is -0.152. The van der Waals surface area contributed by atoms with Crippen LogP contribution in [-0.4, -0.2) is 36.2 Å². The highest BCUT2D eigenvalue weighted by Gasteiger charge is 2.19. The van der Waals surface area contributed by atoms with E-state index in [1.165, 1.54) is 6.92 Å². The number of anilines is 1. The molecule has 1 aliphatic heterocycles. The third kappa shape index (κ3) is 4.50. The number of rotatable bonds is 5. The number of ether oxygens (including phenoxy) is 3. The summed E-state index contributed by atoms with van der Waals surface area (Å²) in [6.07, 6.45) is 0.764. The Kier molecular flexibility index (Phi) is 5.36. The van der Waals surface area contributed by atoms with Crippen LogP contribution in [0.3, 0.4) is 0 Å². The monoisotopic (exact) mass is 356 g/mol. The van der Waals surface area contributed by atoms with Gasteiger partial charge in [-0.1, -0.05) is 6.07 Å². The highest BCUT2D eigenvalue weighted by Crippen LogP contribution is 2.32. The highest BCUT2D eigenvalue weighted by molar-refractivity contribution is 5.95. The summed E-state index contributed by atoms with van der Waals surface area (Å²) in [5.74, 6) is 0.309. The molecule has 0 saturated carbocycles.